The van der Waals surface area contributed by atoms with Crippen molar-refractivity contribution >= 4 is 11.3 Å². The number of ether oxygens (including phenoxy) is 1. The number of nitrogens with zero attached hydrogens (tertiary/aromatic N) is 3. The van der Waals surface area contributed by atoms with Gasteiger partial charge >= 0.3 is 0 Å². The molecule has 1 aliphatic heterocycles. The Kier molecular flexibility index (Phi) is 3.64. The van der Waals surface area contributed by atoms with Gasteiger partial charge < -0.3 is 4.74 Å². The summed E-state index contributed by atoms with van der Waals surface area (Å²) in [6.45, 7) is 3.55. The number of aromatic nitrogens is 2. The van der Waals surface area contributed by atoms with Gasteiger partial charge in [-0.2, -0.15) is 0 Å². The van der Waals surface area contributed by atoms with Crippen LogP contribution in [0.3, 0.4) is 0 Å². The maximum absolute atomic E-state index is 5.81. The molecule has 0 N–H and O–H groups in total. The van der Waals surface area contributed by atoms with E-state index in [9.17, 15) is 0 Å². The Labute approximate surface area is 110 Å². The Morgan fingerprint density at radius 3 is 3.28 bits per heavy atom. The minimum Gasteiger partial charge on any atom is -0.371 e. The molecule has 0 unspecified atom stereocenters. The molecule has 3 rings (SSSR count). The summed E-state index contributed by atoms with van der Waals surface area (Å²) in [5.74, 6) is 0. The van der Waals surface area contributed by atoms with Gasteiger partial charge in [0.2, 0.25) is 0 Å². The summed E-state index contributed by atoms with van der Waals surface area (Å²) in [6.07, 6.45) is 3.81. The fourth-order valence-corrected chi connectivity index (χ4v) is 2.71. The lowest BCUT2D eigenvalue weighted by Gasteiger charge is -2.32. The lowest BCUT2D eigenvalue weighted by atomic mass is 10.1. The largest absolute Gasteiger partial charge is 0.371 e. The minimum atomic E-state index is 0.131. The molecular formula is C13H15N3OS. The summed E-state index contributed by atoms with van der Waals surface area (Å²) in [7, 11) is 0. The van der Waals surface area contributed by atoms with E-state index in [1.54, 1.807) is 17.5 Å². The van der Waals surface area contributed by atoms with Crippen LogP contribution in [0.5, 0.6) is 0 Å². The molecule has 0 aromatic carbocycles. The van der Waals surface area contributed by atoms with Gasteiger partial charge in [0.1, 0.15) is 0 Å². The second kappa shape index (κ2) is 5.56. The highest BCUT2D eigenvalue weighted by Crippen LogP contribution is 2.22. The van der Waals surface area contributed by atoms with Crippen molar-refractivity contribution in [3.05, 3.63) is 46.7 Å². The average molecular weight is 261 g/mol. The zero-order chi connectivity index (χ0) is 12.2. The van der Waals surface area contributed by atoms with E-state index in [1.165, 1.54) is 0 Å². The van der Waals surface area contributed by atoms with Crippen molar-refractivity contribution in [3.63, 3.8) is 0 Å². The lowest BCUT2D eigenvalue weighted by molar-refractivity contribution is -0.0333. The van der Waals surface area contributed by atoms with Crippen LogP contribution in [0.4, 0.5) is 0 Å². The third kappa shape index (κ3) is 2.75. The molecule has 0 bridgehead atoms. The SMILES string of the molecule is c1cncc([C@@H]2CN(Cc3cscn3)CCO2)c1. The van der Waals surface area contributed by atoms with E-state index >= 15 is 0 Å². The molecule has 3 heterocycles. The molecule has 2 aromatic heterocycles. The first-order valence-electron chi connectivity index (χ1n) is 6.03. The topological polar surface area (TPSA) is 38.2 Å². The number of thiazole rings is 1. The van der Waals surface area contributed by atoms with Gasteiger partial charge in [-0.15, -0.1) is 11.3 Å². The normalized spacial score (nSPS) is 21.0. The predicted molar refractivity (Wildman–Crippen MR) is 70.3 cm³/mol. The molecule has 1 fully saturated rings. The Morgan fingerprint density at radius 1 is 1.50 bits per heavy atom. The summed E-state index contributed by atoms with van der Waals surface area (Å²) >= 11 is 1.65. The number of hydrogen-bond acceptors (Lipinski definition) is 5. The average Bonchev–Trinajstić information content (AvgIpc) is 2.93. The van der Waals surface area contributed by atoms with E-state index in [2.05, 4.69) is 26.3 Å². The molecule has 94 valence electrons. The standard InChI is InChI=1S/C13H15N3OS/c1-2-11(6-14-3-1)13-8-16(4-5-17-13)7-12-9-18-10-15-12/h1-3,6,9-10,13H,4-5,7-8H2/t13-/m0/s1. The van der Waals surface area contributed by atoms with Gasteiger partial charge in [-0.3, -0.25) is 9.88 Å². The number of rotatable bonds is 3. The summed E-state index contributed by atoms with van der Waals surface area (Å²) in [4.78, 5) is 10.9. The molecule has 0 saturated carbocycles. The van der Waals surface area contributed by atoms with Crippen LogP contribution in [-0.2, 0) is 11.3 Å². The summed E-state index contributed by atoms with van der Waals surface area (Å²) in [5, 5.41) is 2.11. The predicted octanol–water partition coefficient (Wildman–Crippen LogP) is 2.11. The first kappa shape index (κ1) is 11.8. The van der Waals surface area contributed by atoms with Gasteiger partial charge in [0.25, 0.3) is 0 Å². The van der Waals surface area contributed by atoms with Gasteiger partial charge in [-0.05, 0) is 6.07 Å². The van der Waals surface area contributed by atoms with Crippen LogP contribution in [0.25, 0.3) is 0 Å². The zero-order valence-corrected chi connectivity index (χ0v) is 10.8. The van der Waals surface area contributed by atoms with Crippen molar-refractivity contribution in [1.82, 2.24) is 14.9 Å². The molecule has 1 saturated heterocycles. The molecule has 0 aliphatic carbocycles. The monoisotopic (exact) mass is 261 g/mol. The van der Waals surface area contributed by atoms with E-state index in [0.29, 0.717) is 0 Å². The highest BCUT2D eigenvalue weighted by Gasteiger charge is 2.22. The molecule has 0 amide bonds. The molecular weight excluding hydrogens is 246 g/mol. The van der Waals surface area contributed by atoms with E-state index < -0.39 is 0 Å². The third-order valence-corrected chi connectivity index (χ3v) is 3.71. The minimum absolute atomic E-state index is 0.131. The van der Waals surface area contributed by atoms with Crippen molar-refractivity contribution in [2.45, 2.75) is 12.6 Å². The Morgan fingerprint density at radius 2 is 2.50 bits per heavy atom. The van der Waals surface area contributed by atoms with Crippen LogP contribution in [0.15, 0.2) is 35.4 Å². The second-order valence-electron chi connectivity index (χ2n) is 4.36. The van der Waals surface area contributed by atoms with Gasteiger partial charge in [-0.1, -0.05) is 6.07 Å². The zero-order valence-electron chi connectivity index (χ0n) is 10.0. The van der Waals surface area contributed by atoms with Crippen LogP contribution < -0.4 is 0 Å². The van der Waals surface area contributed by atoms with Gasteiger partial charge in [0.05, 0.1) is 23.9 Å². The molecule has 1 atom stereocenters. The van der Waals surface area contributed by atoms with E-state index in [-0.39, 0.29) is 6.10 Å². The smallest absolute Gasteiger partial charge is 0.0967 e. The summed E-state index contributed by atoms with van der Waals surface area (Å²) in [5.41, 5.74) is 4.18. The maximum Gasteiger partial charge on any atom is 0.0967 e. The van der Waals surface area contributed by atoms with E-state index in [1.807, 2.05) is 17.8 Å². The fraction of sp³-hybridized carbons (Fsp3) is 0.385. The fourth-order valence-electron chi connectivity index (χ4n) is 2.16. The second-order valence-corrected chi connectivity index (χ2v) is 5.08. The van der Waals surface area contributed by atoms with Crippen molar-refractivity contribution in [1.29, 1.82) is 0 Å². The van der Waals surface area contributed by atoms with Gasteiger partial charge in [0, 0.05) is 43.0 Å². The summed E-state index contributed by atoms with van der Waals surface area (Å²) in [6, 6.07) is 4.03. The first-order valence-corrected chi connectivity index (χ1v) is 6.97. The molecule has 0 spiro atoms. The van der Waals surface area contributed by atoms with Crippen LogP contribution in [0, 0.1) is 0 Å². The van der Waals surface area contributed by atoms with Gasteiger partial charge in [-0.25, -0.2) is 4.98 Å². The van der Waals surface area contributed by atoms with Crippen molar-refractivity contribution < 1.29 is 4.74 Å². The van der Waals surface area contributed by atoms with Crippen molar-refractivity contribution in [2.75, 3.05) is 19.7 Å². The van der Waals surface area contributed by atoms with Crippen LogP contribution in [0.1, 0.15) is 17.4 Å². The van der Waals surface area contributed by atoms with Crippen molar-refractivity contribution in [2.24, 2.45) is 0 Å². The summed E-state index contributed by atoms with van der Waals surface area (Å²) < 4.78 is 5.81. The molecule has 4 nitrogen and oxygen atoms in total. The Bertz CT molecular complexity index is 474. The number of hydrogen-bond donors (Lipinski definition) is 0. The lowest BCUT2D eigenvalue weighted by Crippen LogP contribution is -2.37. The first-order chi connectivity index (χ1) is 8.92. The Balaban J connectivity index is 1.65. The van der Waals surface area contributed by atoms with Gasteiger partial charge in [0.15, 0.2) is 0 Å². The highest BCUT2D eigenvalue weighted by atomic mass is 32.1. The molecule has 1 aliphatic rings. The molecule has 2 aromatic rings. The van der Waals surface area contributed by atoms with E-state index in [0.717, 1.165) is 37.5 Å². The van der Waals surface area contributed by atoms with Crippen LogP contribution in [0.2, 0.25) is 0 Å². The highest BCUT2D eigenvalue weighted by molar-refractivity contribution is 7.07. The van der Waals surface area contributed by atoms with Crippen LogP contribution in [-0.4, -0.2) is 34.6 Å². The number of pyridine rings is 1. The van der Waals surface area contributed by atoms with E-state index in [4.69, 9.17) is 4.74 Å². The van der Waals surface area contributed by atoms with Crippen molar-refractivity contribution in [3.8, 4) is 0 Å². The molecule has 0 radical (unpaired) electrons. The number of morpholine rings is 1. The maximum atomic E-state index is 5.81. The molecule has 18 heavy (non-hydrogen) atoms. The quantitative estimate of drug-likeness (QED) is 0.848. The Hall–Kier alpha value is -1.30. The van der Waals surface area contributed by atoms with Crippen LogP contribution >= 0.6 is 11.3 Å². The molecule has 5 heteroatoms. The third-order valence-electron chi connectivity index (χ3n) is 3.08.